The molecule has 0 N–H and O–H groups in total. The molecule has 0 unspecified atom stereocenters. The van der Waals surface area contributed by atoms with Gasteiger partial charge in [0.2, 0.25) is 0 Å². The molecule has 1 aromatic rings. The van der Waals surface area contributed by atoms with E-state index in [0.717, 1.165) is 6.42 Å². The second-order valence-electron chi connectivity index (χ2n) is 3.14. The minimum atomic E-state index is -0.257. The largest absolute Gasteiger partial charge is 0.253 e. The third-order valence-electron chi connectivity index (χ3n) is 1.40. The topological polar surface area (TPSA) is 36.7 Å². The van der Waals surface area contributed by atoms with Crippen LogP contribution in [0.3, 0.4) is 0 Å². The van der Waals surface area contributed by atoms with E-state index in [1.807, 2.05) is 20.0 Å². The lowest BCUT2D eigenvalue weighted by Crippen LogP contribution is -2.10. The van der Waals surface area contributed by atoms with E-state index >= 15 is 0 Å². The minimum Gasteiger partial charge on any atom is -0.253 e. The maximum Gasteiger partial charge on any atom is 0.0794 e. The lowest BCUT2D eigenvalue weighted by molar-refractivity contribution is 0.497. The summed E-state index contributed by atoms with van der Waals surface area (Å²) in [5.74, 6) is 0. The molecule has 0 saturated heterocycles. The van der Waals surface area contributed by atoms with Crippen molar-refractivity contribution in [3.8, 4) is 6.07 Å². The fourth-order valence-corrected chi connectivity index (χ4v) is 1.63. The Morgan fingerprint density at radius 2 is 2.45 bits per heavy atom. The van der Waals surface area contributed by atoms with Gasteiger partial charge in [0.1, 0.15) is 0 Å². The Kier molecular flexibility index (Phi) is 2.25. The van der Waals surface area contributed by atoms with Gasteiger partial charge in [0, 0.05) is 17.5 Å². The van der Waals surface area contributed by atoms with Crippen molar-refractivity contribution in [1.29, 1.82) is 5.26 Å². The van der Waals surface area contributed by atoms with E-state index in [-0.39, 0.29) is 5.41 Å². The van der Waals surface area contributed by atoms with Crippen molar-refractivity contribution in [2.75, 3.05) is 0 Å². The van der Waals surface area contributed by atoms with E-state index in [1.54, 1.807) is 16.8 Å². The molecule has 0 bridgehead atoms. The minimum absolute atomic E-state index is 0.257. The Morgan fingerprint density at radius 3 is 2.91 bits per heavy atom. The molecule has 2 nitrogen and oxygen atoms in total. The number of hydrogen-bond donors (Lipinski definition) is 0. The van der Waals surface area contributed by atoms with E-state index in [4.69, 9.17) is 5.26 Å². The molecule has 0 aliphatic rings. The van der Waals surface area contributed by atoms with Crippen LogP contribution in [0, 0.1) is 16.7 Å². The van der Waals surface area contributed by atoms with Crippen molar-refractivity contribution < 1.29 is 0 Å². The van der Waals surface area contributed by atoms with E-state index in [9.17, 15) is 0 Å². The lowest BCUT2D eigenvalue weighted by atomic mass is 9.91. The van der Waals surface area contributed by atoms with Gasteiger partial charge in [-0.15, -0.1) is 11.3 Å². The predicted octanol–water partition coefficient (Wildman–Crippen LogP) is 2.24. The molecule has 1 aromatic heterocycles. The van der Waals surface area contributed by atoms with Gasteiger partial charge in [0.15, 0.2) is 0 Å². The van der Waals surface area contributed by atoms with Gasteiger partial charge in [-0.05, 0) is 13.8 Å². The monoisotopic (exact) mass is 166 g/mol. The Bertz CT molecular complexity index is 256. The van der Waals surface area contributed by atoms with Gasteiger partial charge in [0.05, 0.1) is 17.0 Å². The quantitative estimate of drug-likeness (QED) is 0.675. The van der Waals surface area contributed by atoms with Gasteiger partial charge in [0.25, 0.3) is 0 Å². The lowest BCUT2D eigenvalue weighted by Gasteiger charge is -2.11. The molecule has 0 fully saturated rings. The fraction of sp³-hybridized carbons (Fsp3) is 0.500. The zero-order valence-corrected chi connectivity index (χ0v) is 7.48. The smallest absolute Gasteiger partial charge is 0.0794 e. The zero-order valence-electron chi connectivity index (χ0n) is 6.66. The Hall–Kier alpha value is -0.880. The van der Waals surface area contributed by atoms with Crippen LogP contribution < -0.4 is 0 Å². The Morgan fingerprint density at radius 1 is 1.73 bits per heavy atom. The molecule has 0 radical (unpaired) electrons. The molecule has 0 aliphatic heterocycles. The van der Waals surface area contributed by atoms with Crippen molar-refractivity contribution >= 4 is 11.3 Å². The summed E-state index contributed by atoms with van der Waals surface area (Å²) < 4.78 is 0. The number of hydrogen-bond acceptors (Lipinski definition) is 3. The molecule has 0 amide bonds. The number of rotatable bonds is 2. The highest BCUT2D eigenvalue weighted by Crippen LogP contribution is 2.22. The van der Waals surface area contributed by atoms with Crippen LogP contribution in [-0.4, -0.2) is 4.98 Å². The van der Waals surface area contributed by atoms with E-state index in [1.165, 1.54) is 4.88 Å². The van der Waals surface area contributed by atoms with Gasteiger partial charge in [-0.1, -0.05) is 0 Å². The van der Waals surface area contributed by atoms with Crippen LogP contribution >= 0.6 is 11.3 Å². The normalized spacial score (nSPS) is 11.0. The second kappa shape index (κ2) is 3.02. The third kappa shape index (κ3) is 2.32. The van der Waals surface area contributed by atoms with E-state index in [0.29, 0.717) is 0 Å². The summed E-state index contributed by atoms with van der Waals surface area (Å²) in [5, 5.41) is 8.73. The van der Waals surface area contributed by atoms with Crippen LogP contribution in [-0.2, 0) is 6.42 Å². The predicted molar refractivity (Wildman–Crippen MR) is 45.2 cm³/mol. The molecule has 11 heavy (non-hydrogen) atoms. The van der Waals surface area contributed by atoms with E-state index < -0.39 is 0 Å². The van der Waals surface area contributed by atoms with Crippen LogP contribution in [0.2, 0.25) is 0 Å². The molecule has 1 heterocycles. The first-order valence-electron chi connectivity index (χ1n) is 3.43. The molecule has 0 spiro atoms. The van der Waals surface area contributed by atoms with Crippen LogP contribution in [0.15, 0.2) is 11.7 Å². The second-order valence-corrected chi connectivity index (χ2v) is 4.11. The van der Waals surface area contributed by atoms with Crippen molar-refractivity contribution in [2.45, 2.75) is 20.3 Å². The molecule has 0 saturated carbocycles. The highest BCUT2D eigenvalue weighted by molar-refractivity contribution is 7.09. The summed E-state index contributed by atoms with van der Waals surface area (Å²) in [7, 11) is 0. The van der Waals surface area contributed by atoms with Gasteiger partial charge >= 0.3 is 0 Å². The summed E-state index contributed by atoms with van der Waals surface area (Å²) in [6.07, 6.45) is 2.62. The number of aromatic nitrogens is 1. The van der Waals surface area contributed by atoms with Crippen molar-refractivity contribution in [3.63, 3.8) is 0 Å². The molecular weight excluding hydrogens is 156 g/mol. The van der Waals surface area contributed by atoms with Crippen LogP contribution in [0.25, 0.3) is 0 Å². The molecule has 58 valence electrons. The Labute approximate surface area is 70.5 Å². The number of thiazole rings is 1. The highest BCUT2D eigenvalue weighted by atomic mass is 32.1. The Balaban J connectivity index is 2.65. The summed E-state index contributed by atoms with van der Waals surface area (Å²) >= 11 is 1.60. The van der Waals surface area contributed by atoms with Gasteiger partial charge < -0.3 is 0 Å². The fourth-order valence-electron chi connectivity index (χ4n) is 0.805. The maximum absolute atomic E-state index is 8.73. The van der Waals surface area contributed by atoms with Crippen molar-refractivity contribution in [2.24, 2.45) is 5.41 Å². The summed E-state index contributed by atoms with van der Waals surface area (Å²) in [5.41, 5.74) is 1.54. The molecule has 1 rings (SSSR count). The highest BCUT2D eigenvalue weighted by Gasteiger charge is 2.17. The van der Waals surface area contributed by atoms with Crippen LogP contribution in [0.1, 0.15) is 18.7 Å². The molecule has 0 aliphatic carbocycles. The number of nitrogens with zero attached hydrogens (tertiary/aromatic N) is 2. The molecule has 3 heteroatoms. The third-order valence-corrected chi connectivity index (χ3v) is 2.18. The van der Waals surface area contributed by atoms with Crippen LogP contribution in [0.5, 0.6) is 0 Å². The van der Waals surface area contributed by atoms with Gasteiger partial charge in [-0.2, -0.15) is 5.26 Å². The standard InChI is InChI=1S/C8H10N2S/c1-8(2,5-9)3-7-4-10-6-11-7/h4,6H,3H2,1-2H3. The average Bonchev–Trinajstić information content (AvgIpc) is 2.39. The zero-order chi connectivity index (χ0) is 8.32. The van der Waals surface area contributed by atoms with Gasteiger partial charge in [-0.3, -0.25) is 4.98 Å². The van der Waals surface area contributed by atoms with E-state index in [2.05, 4.69) is 11.1 Å². The summed E-state index contributed by atoms with van der Waals surface area (Å²) in [6.45, 7) is 3.87. The SMILES string of the molecule is CC(C)(C#N)Cc1cncs1. The van der Waals surface area contributed by atoms with Crippen molar-refractivity contribution in [3.05, 3.63) is 16.6 Å². The molecular formula is C8H10N2S. The molecule has 0 atom stereocenters. The first kappa shape index (κ1) is 8.22. The summed E-state index contributed by atoms with van der Waals surface area (Å²) in [4.78, 5) is 5.13. The van der Waals surface area contributed by atoms with Crippen molar-refractivity contribution in [1.82, 2.24) is 4.98 Å². The van der Waals surface area contributed by atoms with Gasteiger partial charge in [-0.25, -0.2) is 0 Å². The first-order valence-corrected chi connectivity index (χ1v) is 4.31. The average molecular weight is 166 g/mol. The maximum atomic E-state index is 8.73. The van der Waals surface area contributed by atoms with Crippen LogP contribution in [0.4, 0.5) is 0 Å². The number of nitriles is 1. The molecule has 0 aromatic carbocycles. The first-order chi connectivity index (χ1) is 5.14. The summed E-state index contributed by atoms with van der Waals surface area (Å²) in [6, 6.07) is 2.26.